The van der Waals surface area contributed by atoms with E-state index in [0.717, 1.165) is 6.42 Å². The zero-order chi connectivity index (χ0) is 17.4. The van der Waals surface area contributed by atoms with Gasteiger partial charge in [-0.05, 0) is 42.8 Å². The zero-order valence-electron chi connectivity index (χ0n) is 13.4. The standard InChI is InChI=1S/C19H18N2O3/c1-2-5-19(23)21-16-10-8-14(9-11-16)17(22)13-24-18-7-4-3-6-15(18)12-20/h3-4,6-11H,2,5,13H2,1H3,(H,21,23). The second-order valence-corrected chi connectivity index (χ2v) is 5.20. The lowest BCUT2D eigenvalue weighted by molar-refractivity contribution is -0.116. The number of nitrogens with one attached hydrogen (secondary N) is 1. The van der Waals surface area contributed by atoms with Gasteiger partial charge >= 0.3 is 0 Å². The topological polar surface area (TPSA) is 79.2 Å². The normalized spacial score (nSPS) is 9.83. The molecule has 0 spiro atoms. The van der Waals surface area contributed by atoms with Gasteiger partial charge in [0.25, 0.3) is 0 Å². The summed E-state index contributed by atoms with van der Waals surface area (Å²) in [7, 11) is 0. The van der Waals surface area contributed by atoms with Gasteiger partial charge in [0.2, 0.25) is 5.91 Å². The Labute approximate surface area is 140 Å². The number of carbonyl (C=O) groups is 2. The molecule has 0 fully saturated rings. The Balaban J connectivity index is 1.95. The minimum atomic E-state index is -0.200. The average Bonchev–Trinajstić information content (AvgIpc) is 2.60. The van der Waals surface area contributed by atoms with Crippen molar-refractivity contribution < 1.29 is 14.3 Å². The molecule has 0 saturated carbocycles. The van der Waals surface area contributed by atoms with Gasteiger partial charge in [-0.3, -0.25) is 9.59 Å². The second kappa shape index (κ2) is 8.49. The lowest BCUT2D eigenvalue weighted by atomic mass is 10.1. The fourth-order valence-electron chi connectivity index (χ4n) is 2.10. The highest BCUT2D eigenvalue weighted by molar-refractivity contribution is 5.98. The molecule has 0 bridgehead atoms. The molecule has 0 aliphatic carbocycles. The zero-order valence-corrected chi connectivity index (χ0v) is 13.4. The van der Waals surface area contributed by atoms with Gasteiger partial charge in [0.1, 0.15) is 11.8 Å². The van der Waals surface area contributed by atoms with E-state index in [2.05, 4.69) is 5.32 Å². The third-order valence-electron chi connectivity index (χ3n) is 3.33. The van der Waals surface area contributed by atoms with E-state index < -0.39 is 0 Å². The van der Waals surface area contributed by atoms with Crippen molar-refractivity contribution in [2.45, 2.75) is 19.8 Å². The van der Waals surface area contributed by atoms with Gasteiger partial charge in [-0.25, -0.2) is 0 Å². The average molecular weight is 322 g/mol. The maximum atomic E-state index is 12.2. The molecular formula is C19H18N2O3. The molecule has 0 saturated heterocycles. The van der Waals surface area contributed by atoms with Crippen LogP contribution in [0.15, 0.2) is 48.5 Å². The number of Topliss-reactive ketones (excluding diaryl/α,β-unsaturated/α-hetero) is 1. The minimum absolute atomic E-state index is 0.0481. The highest BCUT2D eigenvalue weighted by atomic mass is 16.5. The van der Waals surface area contributed by atoms with Crippen molar-refractivity contribution in [2.75, 3.05) is 11.9 Å². The molecule has 0 aliphatic heterocycles. The first-order valence-electron chi connectivity index (χ1n) is 7.69. The molecule has 2 rings (SSSR count). The van der Waals surface area contributed by atoms with E-state index in [-0.39, 0.29) is 18.3 Å². The summed E-state index contributed by atoms with van der Waals surface area (Å²) >= 11 is 0. The number of rotatable bonds is 7. The number of benzene rings is 2. The molecule has 0 heterocycles. The monoisotopic (exact) mass is 322 g/mol. The predicted molar refractivity (Wildman–Crippen MR) is 91.0 cm³/mol. The van der Waals surface area contributed by atoms with Crippen LogP contribution >= 0.6 is 0 Å². The first kappa shape index (κ1) is 17.2. The van der Waals surface area contributed by atoms with Crippen molar-refractivity contribution >= 4 is 17.4 Å². The third kappa shape index (κ3) is 4.68. The maximum Gasteiger partial charge on any atom is 0.224 e. The van der Waals surface area contributed by atoms with Gasteiger partial charge < -0.3 is 10.1 Å². The molecule has 24 heavy (non-hydrogen) atoms. The number of amides is 1. The summed E-state index contributed by atoms with van der Waals surface area (Å²) in [5.41, 5.74) is 1.53. The Kier molecular flexibility index (Phi) is 6.09. The first-order chi connectivity index (χ1) is 11.6. The second-order valence-electron chi connectivity index (χ2n) is 5.20. The number of ether oxygens (including phenoxy) is 1. The molecule has 0 unspecified atom stereocenters. The molecule has 0 aliphatic rings. The van der Waals surface area contributed by atoms with Crippen molar-refractivity contribution in [3.8, 4) is 11.8 Å². The third-order valence-corrected chi connectivity index (χ3v) is 3.33. The minimum Gasteiger partial charge on any atom is -0.484 e. The van der Waals surface area contributed by atoms with Gasteiger partial charge in [-0.15, -0.1) is 0 Å². The first-order valence-corrected chi connectivity index (χ1v) is 7.69. The summed E-state index contributed by atoms with van der Waals surface area (Å²) in [6.45, 7) is 1.78. The predicted octanol–water partition coefficient (Wildman–Crippen LogP) is 3.56. The molecule has 5 nitrogen and oxygen atoms in total. The summed E-state index contributed by atoms with van der Waals surface area (Å²) in [5.74, 6) is 0.138. The van der Waals surface area contributed by atoms with E-state index in [0.29, 0.717) is 29.0 Å². The Morgan fingerprint density at radius 3 is 2.50 bits per heavy atom. The fraction of sp³-hybridized carbons (Fsp3) is 0.211. The van der Waals surface area contributed by atoms with Crippen LogP contribution in [-0.4, -0.2) is 18.3 Å². The number of para-hydroxylation sites is 1. The Morgan fingerprint density at radius 2 is 1.83 bits per heavy atom. The number of hydrogen-bond acceptors (Lipinski definition) is 4. The van der Waals surface area contributed by atoms with E-state index >= 15 is 0 Å². The summed E-state index contributed by atoms with van der Waals surface area (Å²) in [4.78, 5) is 23.7. The highest BCUT2D eigenvalue weighted by Crippen LogP contribution is 2.17. The Hall–Kier alpha value is -3.13. The van der Waals surface area contributed by atoms with E-state index in [9.17, 15) is 9.59 Å². The molecule has 2 aromatic rings. The van der Waals surface area contributed by atoms with E-state index in [4.69, 9.17) is 10.00 Å². The number of nitriles is 1. The number of carbonyl (C=O) groups excluding carboxylic acids is 2. The van der Waals surface area contributed by atoms with Crippen molar-refractivity contribution in [1.29, 1.82) is 5.26 Å². The molecule has 0 aromatic heterocycles. The molecule has 0 atom stereocenters. The van der Waals surface area contributed by atoms with Crippen molar-refractivity contribution in [3.63, 3.8) is 0 Å². The maximum absolute atomic E-state index is 12.2. The number of anilines is 1. The number of hydrogen-bond donors (Lipinski definition) is 1. The van der Waals surface area contributed by atoms with E-state index in [1.807, 2.05) is 13.0 Å². The molecule has 5 heteroatoms. The molecule has 2 aromatic carbocycles. The molecule has 1 amide bonds. The Morgan fingerprint density at radius 1 is 1.12 bits per heavy atom. The van der Waals surface area contributed by atoms with Gasteiger partial charge in [0, 0.05) is 17.7 Å². The van der Waals surface area contributed by atoms with Crippen molar-refractivity contribution in [3.05, 3.63) is 59.7 Å². The fourth-order valence-corrected chi connectivity index (χ4v) is 2.10. The van der Waals surface area contributed by atoms with Crippen LogP contribution in [0, 0.1) is 11.3 Å². The van der Waals surface area contributed by atoms with Crippen LogP contribution in [0.5, 0.6) is 5.75 Å². The van der Waals surface area contributed by atoms with Crippen LogP contribution in [0.2, 0.25) is 0 Å². The largest absolute Gasteiger partial charge is 0.484 e. The number of ketones is 1. The lowest BCUT2D eigenvalue weighted by Gasteiger charge is -2.08. The van der Waals surface area contributed by atoms with Crippen molar-refractivity contribution in [2.24, 2.45) is 0 Å². The molecule has 1 N–H and O–H groups in total. The molecular weight excluding hydrogens is 304 g/mol. The summed E-state index contributed by atoms with van der Waals surface area (Å²) < 4.78 is 5.43. The van der Waals surface area contributed by atoms with Crippen LogP contribution in [0.3, 0.4) is 0 Å². The lowest BCUT2D eigenvalue weighted by Crippen LogP contribution is -2.13. The molecule has 0 radical (unpaired) electrons. The van der Waals surface area contributed by atoms with Crippen LogP contribution < -0.4 is 10.1 Å². The van der Waals surface area contributed by atoms with Crippen LogP contribution in [-0.2, 0) is 4.79 Å². The SMILES string of the molecule is CCCC(=O)Nc1ccc(C(=O)COc2ccccc2C#N)cc1. The summed E-state index contributed by atoms with van der Waals surface area (Å²) in [6.07, 6.45) is 1.25. The van der Waals surface area contributed by atoms with Crippen LogP contribution in [0.1, 0.15) is 35.7 Å². The van der Waals surface area contributed by atoms with Crippen molar-refractivity contribution in [1.82, 2.24) is 0 Å². The van der Waals surface area contributed by atoms with E-state index in [1.165, 1.54) is 0 Å². The van der Waals surface area contributed by atoms with Gasteiger partial charge in [-0.1, -0.05) is 19.1 Å². The number of nitrogens with zero attached hydrogens (tertiary/aromatic N) is 1. The highest BCUT2D eigenvalue weighted by Gasteiger charge is 2.09. The Bertz CT molecular complexity index is 761. The quantitative estimate of drug-likeness (QED) is 0.791. The summed E-state index contributed by atoms with van der Waals surface area (Å²) in [5, 5.41) is 11.8. The van der Waals surface area contributed by atoms with Gasteiger partial charge in [0.05, 0.1) is 5.56 Å². The van der Waals surface area contributed by atoms with E-state index in [1.54, 1.807) is 48.5 Å². The smallest absolute Gasteiger partial charge is 0.224 e. The summed E-state index contributed by atoms with van der Waals surface area (Å²) in [6, 6.07) is 15.4. The van der Waals surface area contributed by atoms with Gasteiger partial charge in [0.15, 0.2) is 12.4 Å². The van der Waals surface area contributed by atoms with Crippen LogP contribution in [0.4, 0.5) is 5.69 Å². The van der Waals surface area contributed by atoms with Gasteiger partial charge in [-0.2, -0.15) is 5.26 Å². The molecule has 122 valence electrons. The van der Waals surface area contributed by atoms with Crippen LogP contribution in [0.25, 0.3) is 0 Å².